The number of hydrogen-bond acceptors (Lipinski definition) is 2. The van der Waals surface area contributed by atoms with Crippen LogP contribution in [0.15, 0.2) is 123 Å². The van der Waals surface area contributed by atoms with E-state index < -0.39 is 6.43 Å². The van der Waals surface area contributed by atoms with Gasteiger partial charge in [0.25, 0.3) is 6.43 Å². The first-order valence-electron chi connectivity index (χ1n) is 12.8. The molecule has 1 aliphatic heterocycles. The molecule has 2 atom stereocenters. The van der Waals surface area contributed by atoms with Gasteiger partial charge in [-0.15, -0.1) is 0 Å². The fourth-order valence-electron chi connectivity index (χ4n) is 5.04. The number of nitrogens with zero attached hydrogens (tertiary/aromatic N) is 1. The number of benzene rings is 1. The van der Waals surface area contributed by atoms with Gasteiger partial charge in [0.1, 0.15) is 18.2 Å². The summed E-state index contributed by atoms with van der Waals surface area (Å²) in [4.78, 5) is 4.17. The Morgan fingerprint density at radius 2 is 1.87 bits per heavy atom. The molecule has 0 saturated carbocycles. The fraction of sp³-hybridized carbons (Fsp3) is 0.303. The number of ether oxygens (including phenoxy) is 1. The summed E-state index contributed by atoms with van der Waals surface area (Å²) in [5, 5.41) is 0. The van der Waals surface area contributed by atoms with Crippen molar-refractivity contribution >= 4 is 6.21 Å². The van der Waals surface area contributed by atoms with Crippen LogP contribution in [0.5, 0.6) is 0 Å². The maximum Gasteiger partial charge on any atom is 0.257 e. The van der Waals surface area contributed by atoms with Crippen molar-refractivity contribution < 1.29 is 17.9 Å². The van der Waals surface area contributed by atoms with E-state index in [1.807, 2.05) is 25.1 Å². The first-order chi connectivity index (χ1) is 18.2. The monoisotopic (exact) mass is 519 g/mol. The summed E-state index contributed by atoms with van der Waals surface area (Å²) >= 11 is 0. The Labute approximate surface area is 224 Å². The van der Waals surface area contributed by atoms with Crippen LogP contribution in [0.4, 0.5) is 13.2 Å². The maximum absolute atomic E-state index is 13.5. The van der Waals surface area contributed by atoms with Crippen molar-refractivity contribution in [2.24, 2.45) is 10.9 Å². The minimum absolute atomic E-state index is 0.0439. The normalized spacial score (nSPS) is 20.0. The summed E-state index contributed by atoms with van der Waals surface area (Å²) in [5.41, 5.74) is 8.07. The largest absolute Gasteiger partial charge is 0.494 e. The van der Waals surface area contributed by atoms with Gasteiger partial charge in [-0.05, 0) is 96.4 Å². The van der Waals surface area contributed by atoms with E-state index in [0.717, 1.165) is 62.8 Å². The van der Waals surface area contributed by atoms with Crippen molar-refractivity contribution in [3.8, 4) is 0 Å². The average Bonchev–Trinajstić information content (AvgIpc) is 3.17. The summed E-state index contributed by atoms with van der Waals surface area (Å²) in [6.07, 6.45) is 12.1. The second kappa shape index (κ2) is 13.3. The van der Waals surface area contributed by atoms with Crippen LogP contribution >= 0.6 is 0 Å². The van der Waals surface area contributed by atoms with Gasteiger partial charge < -0.3 is 4.74 Å². The summed E-state index contributed by atoms with van der Waals surface area (Å²) < 4.78 is 44.9. The van der Waals surface area contributed by atoms with E-state index in [1.54, 1.807) is 19.3 Å². The van der Waals surface area contributed by atoms with E-state index in [9.17, 15) is 13.2 Å². The molecule has 0 spiro atoms. The molecular weight excluding hydrogens is 483 g/mol. The van der Waals surface area contributed by atoms with Gasteiger partial charge in [0.15, 0.2) is 0 Å². The van der Waals surface area contributed by atoms with Crippen LogP contribution in [0.2, 0.25) is 0 Å². The van der Waals surface area contributed by atoms with Crippen molar-refractivity contribution in [3.05, 3.63) is 130 Å². The molecule has 0 N–H and O–H groups in total. The molecule has 1 aromatic rings. The van der Waals surface area contributed by atoms with Crippen LogP contribution in [0.3, 0.4) is 0 Å². The van der Waals surface area contributed by atoms with E-state index in [2.05, 4.69) is 50.6 Å². The number of hydrogen-bond donors (Lipinski definition) is 0. The van der Waals surface area contributed by atoms with Crippen LogP contribution in [0, 0.1) is 11.7 Å². The van der Waals surface area contributed by atoms with Crippen LogP contribution in [-0.2, 0) is 4.74 Å². The molecule has 0 saturated heterocycles. The Balaban J connectivity index is 2.11. The lowest BCUT2D eigenvalue weighted by molar-refractivity contribution is 0.204. The van der Waals surface area contributed by atoms with Crippen molar-refractivity contribution in [2.75, 3.05) is 13.7 Å². The van der Waals surface area contributed by atoms with Gasteiger partial charge in [-0.25, -0.2) is 13.2 Å². The Kier molecular flexibility index (Phi) is 10.1. The number of alkyl halides is 2. The summed E-state index contributed by atoms with van der Waals surface area (Å²) in [5.74, 6) is 0.799. The third kappa shape index (κ3) is 7.03. The molecule has 0 bridgehead atoms. The summed E-state index contributed by atoms with van der Waals surface area (Å²) in [6.45, 7) is 12.8. The second-order valence-corrected chi connectivity index (χ2v) is 9.62. The van der Waals surface area contributed by atoms with Gasteiger partial charge in [0, 0.05) is 24.8 Å². The van der Waals surface area contributed by atoms with Crippen LogP contribution < -0.4 is 0 Å². The zero-order valence-electron chi connectivity index (χ0n) is 22.8. The smallest absolute Gasteiger partial charge is 0.257 e. The van der Waals surface area contributed by atoms with Gasteiger partial charge in [0.2, 0.25) is 0 Å². The highest BCUT2D eigenvalue weighted by Crippen LogP contribution is 2.42. The fourth-order valence-corrected chi connectivity index (χ4v) is 5.04. The van der Waals surface area contributed by atoms with E-state index >= 15 is 0 Å². The van der Waals surface area contributed by atoms with Crippen molar-refractivity contribution in [1.82, 2.24) is 0 Å². The van der Waals surface area contributed by atoms with Crippen molar-refractivity contribution in [1.29, 1.82) is 0 Å². The third-order valence-electron chi connectivity index (χ3n) is 7.02. The first kappa shape index (κ1) is 29.0. The molecular formula is C33H36F3NO. The number of allylic oxidation sites excluding steroid dienone is 14. The average molecular weight is 520 g/mol. The maximum atomic E-state index is 13.5. The highest BCUT2D eigenvalue weighted by molar-refractivity contribution is 5.88. The standard InChI is InChI=1S/C33H36F3NO/c1-7-25(33-21(2)15-16-38-24(33)5)18-31-23(4)30(27(20-37-6)9-8-10-32(35)36)19-28(31)17-22(3)26-11-13-29(34)14-12-26/h7-15,18-20,22,28,32H,1,16-17H2,2-6H3/b10-8-,25-18+,27-9+,37-20?/t22-,28?/m1/s1. The lowest BCUT2D eigenvalue weighted by Crippen LogP contribution is -2.07. The Morgan fingerprint density at radius 3 is 2.47 bits per heavy atom. The molecule has 2 nitrogen and oxygen atoms in total. The molecule has 38 heavy (non-hydrogen) atoms. The highest BCUT2D eigenvalue weighted by atomic mass is 19.3. The molecule has 1 aromatic carbocycles. The predicted molar refractivity (Wildman–Crippen MR) is 152 cm³/mol. The SMILES string of the molecule is C=C/C(=C\C1=C(C)C(/C(C=NC)=C/C=C\C(F)F)=CC1C[C@@H](C)c1ccc(F)cc1)C1=C(C)OCC=C1C. The van der Waals surface area contributed by atoms with Crippen LogP contribution in [0.25, 0.3) is 0 Å². The van der Waals surface area contributed by atoms with Gasteiger partial charge in [-0.2, -0.15) is 0 Å². The Bertz CT molecular complexity index is 1280. The van der Waals surface area contributed by atoms with Crippen molar-refractivity contribution in [3.63, 3.8) is 0 Å². The van der Waals surface area contributed by atoms with Gasteiger partial charge in [-0.1, -0.05) is 56.0 Å². The number of aliphatic imine (C=N–C) groups is 1. The van der Waals surface area contributed by atoms with Gasteiger partial charge >= 0.3 is 0 Å². The molecule has 0 fully saturated rings. The quantitative estimate of drug-likeness (QED) is 0.223. The minimum atomic E-state index is -2.52. The topological polar surface area (TPSA) is 21.6 Å². The molecule has 1 unspecified atom stereocenters. The second-order valence-electron chi connectivity index (χ2n) is 9.62. The molecule has 5 heteroatoms. The molecule has 3 rings (SSSR count). The Hall–Kier alpha value is -3.60. The molecule has 0 radical (unpaired) electrons. The van der Waals surface area contributed by atoms with E-state index in [4.69, 9.17) is 4.74 Å². The molecule has 0 aromatic heterocycles. The first-order valence-corrected chi connectivity index (χ1v) is 12.8. The van der Waals surface area contributed by atoms with Crippen LogP contribution in [0.1, 0.15) is 45.6 Å². The van der Waals surface area contributed by atoms with Gasteiger partial charge in [0.05, 0.1) is 0 Å². The minimum Gasteiger partial charge on any atom is -0.494 e. The zero-order chi connectivity index (χ0) is 27.8. The van der Waals surface area contributed by atoms with Gasteiger partial charge in [-0.3, -0.25) is 4.99 Å². The molecule has 200 valence electrons. The lowest BCUT2D eigenvalue weighted by atomic mass is 9.85. The van der Waals surface area contributed by atoms with E-state index in [-0.39, 0.29) is 17.7 Å². The van der Waals surface area contributed by atoms with Crippen molar-refractivity contribution in [2.45, 2.75) is 46.5 Å². The number of halogens is 3. The summed E-state index contributed by atoms with van der Waals surface area (Å²) in [7, 11) is 1.66. The molecule has 1 heterocycles. The predicted octanol–water partition coefficient (Wildman–Crippen LogP) is 9.00. The van der Waals surface area contributed by atoms with E-state index in [1.165, 1.54) is 18.2 Å². The molecule has 1 aliphatic carbocycles. The lowest BCUT2D eigenvalue weighted by Gasteiger charge is -2.22. The molecule has 0 amide bonds. The number of rotatable bonds is 10. The summed E-state index contributed by atoms with van der Waals surface area (Å²) in [6, 6.07) is 6.63. The molecule has 2 aliphatic rings. The third-order valence-corrected chi connectivity index (χ3v) is 7.02. The van der Waals surface area contributed by atoms with E-state index in [0.29, 0.717) is 6.61 Å². The highest BCUT2D eigenvalue weighted by Gasteiger charge is 2.27. The Morgan fingerprint density at radius 1 is 1.16 bits per heavy atom. The van der Waals surface area contributed by atoms with Crippen LogP contribution in [-0.4, -0.2) is 26.3 Å². The zero-order valence-corrected chi connectivity index (χ0v) is 22.8.